The van der Waals surface area contributed by atoms with Crippen molar-refractivity contribution in [3.05, 3.63) is 34.4 Å². The number of alkyl halides is 1. The van der Waals surface area contributed by atoms with Gasteiger partial charge in [0, 0.05) is 4.83 Å². The molecule has 0 spiro atoms. The third-order valence-electron chi connectivity index (χ3n) is 3.85. The molecule has 0 saturated carbocycles. The summed E-state index contributed by atoms with van der Waals surface area (Å²) in [6.45, 7) is 9.21. The molecule has 0 fully saturated rings. The number of fused-ring (bicyclic) bond motifs is 1. The fraction of sp³-hybridized carbons (Fsp3) is 0.625. The molecule has 1 atom stereocenters. The Bertz CT molecular complexity index is 387. The Morgan fingerprint density at radius 3 is 2.41 bits per heavy atom. The first-order valence-electron chi connectivity index (χ1n) is 6.81. The Kier molecular flexibility index (Phi) is 3.97. The van der Waals surface area contributed by atoms with Crippen LogP contribution >= 0.6 is 15.9 Å². The average Bonchev–Trinajstić information content (AvgIpc) is 2.28. The van der Waals surface area contributed by atoms with Crippen LogP contribution in [0.4, 0.5) is 0 Å². The number of benzene rings is 1. The van der Waals surface area contributed by atoms with Crippen molar-refractivity contribution in [3.63, 3.8) is 0 Å². The summed E-state index contributed by atoms with van der Waals surface area (Å²) >= 11 is 3.85. The zero-order valence-corrected chi connectivity index (χ0v) is 13.0. The first-order valence-corrected chi connectivity index (χ1v) is 7.73. The van der Waals surface area contributed by atoms with Crippen LogP contribution in [-0.2, 0) is 6.42 Å². The van der Waals surface area contributed by atoms with Crippen LogP contribution in [0.15, 0.2) is 12.1 Å². The first-order chi connectivity index (χ1) is 8.00. The fourth-order valence-electron chi connectivity index (χ4n) is 2.77. The second kappa shape index (κ2) is 5.14. The van der Waals surface area contributed by atoms with Crippen LogP contribution in [0.25, 0.3) is 0 Å². The van der Waals surface area contributed by atoms with E-state index in [1.165, 1.54) is 24.8 Å². The SMILES string of the molecule is CC(C)c1cc(C(C)C)c2c(c1)C(Br)CCC2. The van der Waals surface area contributed by atoms with Crippen molar-refractivity contribution in [2.45, 2.75) is 63.6 Å². The minimum Gasteiger partial charge on any atom is -0.0839 e. The topological polar surface area (TPSA) is 0 Å². The van der Waals surface area contributed by atoms with Gasteiger partial charge >= 0.3 is 0 Å². The van der Waals surface area contributed by atoms with E-state index >= 15 is 0 Å². The predicted octanol–water partition coefficient (Wildman–Crippen LogP) is 5.71. The Morgan fingerprint density at radius 1 is 1.12 bits per heavy atom. The van der Waals surface area contributed by atoms with Gasteiger partial charge in [0.15, 0.2) is 0 Å². The fourth-order valence-corrected chi connectivity index (χ4v) is 3.50. The second-order valence-electron chi connectivity index (χ2n) is 5.85. The number of hydrogen-bond acceptors (Lipinski definition) is 0. The average molecular weight is 295 g/mol. The van der Waals surface area contributed by atoms with Gasteiger partial charge in [-0.25, -0.2) is 0 Å². The van der Waals surface area contributed by atoms with Gasteiger partial charge in [0.2, 0.25) is 0 Å². The minimum atomic E-state index is 0.572. The zero-order chi connectivity index (χ0) is 12.6. The van der Waals surface area contributed by atoms with Gasteiger partial charge in [0.05, 0.1) is 0 Å². The highest BCUT2D eigenvalue weighted by molar-refractivity contribution is 9.09. The summed E-state index contributed by atoms with van der Waals surface area (Å²) in [5.41, 5.74) is 6.26. The number of halogens is 1. The van der Waals surface area contributed by atoms with Crippen molar-refractivity contribution in [2.75, 3.05) is 0 Å². The van der Waals surface area contributed by atoms with Crippen molar-refractivity contribution < 1.29 is 0 Å². The maximum atomic E-state index is 3.85. The molecule has 0 heterocycles. The van der Waals surface area contributed by atoms with Gasteiger partial charge in [-0.05, 0) is 53.4 Å². The largest absolute Gasteiger partial charge is 0.0839 e. The van der Waals surface area contributed by atoms with E-state index in [9.17, 15) is 0 Å². The molecule has 0 aliphatic heterocycles. The highest BCUT2D eigenvalue weighted by Crippen LogP contribution is 2.40. The number of hydrogen-bond donors (Lipinski definition) is 0. The lowest BCUT2D eigenvalue weighted by atomic mass is 9.81. The summed E-state index contributed by atoms with van der Waals surface area (Å²) in [5.74, 6) is 1.26. The van der Waals surface area contributed by atoms with E-state index in [1.807, 2.05) is 0 Å². The second-order valence-corrected chi connectivity index (χ2v) is 6.95. The van der Waals surface area contributed by atoms with Gasteiger partial charge in [-0.2, -0.15) is 0 Å². The molecule has 1 aliphatic carbocycles. The Hall–Kier alpha value is -0.300. The van der Waals surface area contributed by atoms with E-state index in [0.29, 0.717) is 16.7 Å². The molecule has 1 aliphatic rings. The lowest BCUT2D eigenvalue weighted by molar-refractivity contribution is 0.662. The van der Waals surface area contributed by atoms with Crippen LogP contribution in [0.3, 0.4) is 0 Å². The molecule has 1 heteroatoms. The molecule has 1 aromatic carbocycles. The van der Waals surface area contributed by atoms with Crippen molar-refractivity contribution in [1.82, 2.24) is 0 Å². The van der Waals surface area contributed by atoms with Crippen molar-refractivity contribution in [3.8, 4) is 0 Å². The molecule has 0 bridgehead atoms. The number of rotatable bonds is 2. The highest BCUT2D eigenvalue weighted by Gasteiger charge is 2.22. The molecule has 0 saturated heterocycles. The van der Waals surface area contributed by atoms with Gasteiger partial charge in [-0.15, -0.1) is 0 Å². The minimum absolute atomic E-state index is 0.572. The standard InChI is InChI=1S/C16H23Br/c1-10(2)12-8-14(11(3)4)13-6-5-7-16(17)15(13)9-12/h8-11,16H,5-7H2,1-4H3. The van der Waals surface area contributed by atoms with E-state index in [0.717, 1.165) is 0 Å². The zero-order valence-electron chi connectivity index (χ0n) is 11.4. The molecule has 0 aromatic heterocycles. The van der Waals surface area contributed by atoms with Gasteiger partial charge < -0.3 is 0 Å². The van der Waals surface area contributed by atoms with Crippen molar-refractivity contribution in [1.29, 1.82) is 0 Å². The molecule has 1 aromatic rings. The molecule has 94 valence electrons. The van der Waals surface area contributed by atoms with Crippen molar-refractivity contribution in [2.24, 2.45) is 0 Å². The summed E-state index contributed by atoms with van der Waals surface area (Å²) in [5, 5.41) is 0. The molecule has 0 nitrogen and oxygen atoms in total. The molecule has 1 unspecified atom stereocenters. The van der Waals surface area contributed by atoms with E-state index in [1.54, 1.807) is 16.7 Å². The van der Waals surface area contributed by atoms with Crippen LogP contribution in [-0.4, -0.2) is 0 Å². The van der Waals surface area contributed by atoms with E-state index in [2.05, 4.69) is 55.8 Å². The molecule has 2 rings (SSSR count). The van der Waals surface area contributed by atoms with Crippen molar-refractivity contribution >= 4 is 15.9 Å². The van der Waals surface area contributed by atoms with Crippen LogP contribution in [0.2, 0.25) is 0 Å². The molecule has 0 N–H and O–H groups in total. The lowest BCUT2D eigenvalue weighted by Gasteiger charge is -2.27. The summed E-state index contributed by atoms with van der Waals surface area (Å²) in [6, 6.07) is 4.88. The van der Waals surface area contributed by atoms with E-state index < -0.39 is 0 Å². The maximum Gasteiger partial charge on any atom is 0.0398 e. The molecular weight excluding hydrogens is 272 g/mol. The van der Waals surface area contributed by atoms with Crippen LogP contribution in [0.1, 0.15) is 79.5 Å². The Balaban J connectivity index is 2.58. The summed E-state index contributed by atoms with van der Waals surface area (Å²) in [7, 11) is 0. The van der Waals surface area contributed by atoms with Gasteiger partial charge in [0.25, 0.3) is 0 Å². The van der Waals surface area contributed by atoms with Crippen LogP contribution in [0, 0.1) is 0 Å². The smallest absolute Gasteiger partial charge is 0.0398 e. The summed E-state index contributed by atoms with van der Waals surface area (Å²) in [6.07, 6.45) is 3.87. The van der Waals surface area contributed by atoms with Gasteiger partial charge in [-0.1, -0.05) is 55.8 Å². The summed E-state index contributed by atoms with van der Waals surface area (Å²) < 4.78 is 0. The van der Waals surface area contributed by atoms with E-state index in [-0.39, 0.29) is 0 Å². The third kappa shape index (κ3) is 2.59. The van der Waals surface area contributed by atoms with Gasteiger partial charge in [-0.3, -0.25) is 0 Å². The lowest BCUT2D eigenvalue weighted by Crippen LogP contribution is -2.11. The first kappa shape index (κ1) is 13.1. The Morgan fingerprint density at radius 2 is 1.82 bits per heavy atom. The highest BCUT2D eigenvalue weighted by atomic mass is 79.9. The molecule has 0 radical (unpaired) electrons. The molecular formula is C16H23Br. The third-order valence-corrected chi connectivity index (χ3v) is 4.80. The molecule has 17 heavy (non-hydrogen) atoms. The predicted molar refractivity (Wildman–Crippen MR) is 79.2 cm³/mol. The van der Waals surface area contributed by atoms with E-state index in [4.69, 9.17) is 0 Å². The monoisotopic (exact) mass is 294 g/mol. The molecule has 0 amide bonds. The Labute approximate surface area is 114 Å². The van der Waals surface area contributed by atoms with Crippen LogP contribution in [0.5, 0.6) is 0 Å². The maximum absolute atomic E-state index is 3.85. The quantitative estimate of drug-likeness (QED) is 0.613. The normalized spacial score (nSPS) is 19.8. The summed E-state index contributed by atoms with van der Waals surface area (Å²) in [4.78, 5) is 0.572. The van der Waals surface area contributed by atoms with Gasteiger partial charge in [0.1, 0.15) is 0 Å². The van der Waals surface area contributed by atoms with Crippen LogP contribution < -0.4 is 0 Å².